The van der Waals surface area contributed by atoms with Crippen LogP contribution in [0.15, 0.2) is 0 Å². The van der Waals surface area contributed by atoms with Gasteiger partial charge in [0.05, 0.1) is 6.04 Å². The van der Waals surface area contributed by atoms with Crippen molar-refractivity contribution in [3.8, 4) is 0 Å². The number of thiol groups is 1. The van der Waals surface area contributed by atoms with E-state index >= 15 is 0 Å². The Hall–Kier alpha value is -3.40. The lowest BCUT2D eigenvalue weighted by Gasteiger charge is -2.24. The Bertz CT molecular complexity index is 792. The molecule has 0 saturated heterocycles. The zero-order valence-electron chi connectivity index (χ0n) is 17.9. The molecule has 0 heterocycles. The van der Waals surface area contributed by atoms with Crippen LogP contribution in [-0.4, -0.2) is 91.9 Å². The number of hydrogen-bond donors (Lipinski definition) is 9. The van der Waals surface area contributed by atoms with Crippen LogP contribution in [-0.2, 0) is 33.6 Å². The summed E-state index contributed by atoms with van der Waals surface area (Å²) in [7, 11) is 0. The second-order valence-corrected chi connectivity index (χ2v) is 7.47. The van der Waals surface area contributed by atoms with Crippen molar-refractivity contribution < 1.29 is 54.0 Å². The minimum atomic E-state index is -1.64. The quantitative estimate of drug-likeness (QED) is 0.0914. The Labute approximate surface area is 198 Å². The lowest BCUT2D eigenvalue weighted by molar-refractivity contribution is -0.144. The second kappa shape index (κ2) is 15.4. The van der Waals surface area contributed by atoms with Crippen molar-refractivity contribution >= 4 is 54.2 Å². The number of carbonyl (C=O) groups is 7. The first-order chi connectivity index (χ1) is 15.8. The Morgan fingerprint density at radius 3 is 1.26 bits per heavy atom. The SMILES string of the molecule is NC(CS)C(=O)NC(CCC(=O)O)C(=O)NC(CCC(=O)O)C(=O)NC(CCC(=O)O)C(=O)O. The molecule has 0 aliphatic heterocycles. The minimum absolute atomic E-state index is 0.0876. The van der Waals surface area contributed by atoms with Crippen molar-refractivity contribution in [2.45, 2.75) is 62.7 Å². The third kappa shape index (κ3) is 12.6. The molecule has 16 heteroatoms. The number of nitrogens with one attached hydrogen (secondary N) is 3. The van der Waals surface area contributed by atoms with Crippen molar-refractivity contribution in [2.75, 3.05) is 5.75 Å². The van der Waals surface area contributed by atoms with Crippen molar-refractivity contribution in [1.82, 2.24) is 16.0 Å². The number of aliphatic carboxylic acids is 4. The molecule has 9 N–H and O–H groups in total. The fraction of sp³-hybridized carbons (Fsp3) is 0.611. The molecule has 0 rings (SSSR count). The van der Waals surface area contributed by atoms with E-state index in [1.807, 2.05) is 5.32 Å². The highest BCUT2D eigenvalue weighted by Crippen LogP contribution is 2.06. The van der Waals surface area contributed by atoms with E-state index in [1.165, 1.54) is 0 Å². The maximum atomic E-state index is 12.7. The van der Waals surface area contributed by atoms with Gasteiger partial charge in [-0.3, -0.25) is 28.8 Å². The molecule has 0 radical (unpaired) electrons. The molecule has 15 nitrogen and oxygen atoms in total. The Morgan fingerprint density at radius 2 is 0.941 bits per heavy atom. The van der Waals surface area contributed by atoms with Crippen molar-refractivity contribution in [3.63, 3.8) is 0 Å². The van der Waals surface area contributed by atoms with E-state index in [0.29, 0.717) is 0 Å². The number of carboxylic acids is 4. The van der Waals surface area contributed by atoms with E-state index in [-0.39, 0.29) is 5.75 Å². The molecule has 192 valence electrons. The Balaban J connectivity index is 5.59. The predicted molar refractivity (Wildman–Crippen MR) is 116 cm³/mol. The third-order valence-electron chi connectivity index (χ3n) is 4.35. The summed E-state index contributed by atoms with van der Waals surface area (Å²) in [6.07, 6.45) is -3.09. The highest BCUT2D eigenvalue weighted by atomic mass is 32.1. The lowest BCUT2D eigenvalue weighted by Crippen LogP contribution is -2.57. The average molecular weight is 509 g/mol. The molecule has 34 heavy (non-hydrogen) atoms. The fourth-order valence-corrected chi connectivity index (χ4v) is 2.67. The number of hydrogen-bond acceptors (Lipinski definition) is 9. The molecule has 3 amide bonds. The highest BCUT2D eigenvalue weighted by molar-refractivity contribution is 7.80. The number of rotatable bonds is 17. The summed E-state index contributed by atoms with van der Waals surface area (Å²) in [5.41, 5.74) is 5.52. The van der Waals surface area contributed by atoms with Gasteiger partial charge in [-0.2, -0.15) is 12.6 Å². The lowest BCUT2D eigenvalue weighted by atomic mass is 10.1. The summed E-state index contributed by atoms with van der Waals surface area (Å²) >= 11 is 3.85. The zero-order valence-corrected chi connectivity index (χ0v) is 18.8. The molecule has 0 aliphatic carbocycles. The number of nitrogens with two attached hydrogens (primary N) is 1. The smallest absolute Gasteiger partial charge is 0.326 e. The highest BCUT2D eigenvalue weighted by Gasteiger charge is 2.31. The van der Waals surface area contributed by atoms with Gasteiger partial charge >= 0.3 is 23.9 Å². The van der Waals surface area contributed by atoms with E-state index in [1.54, 1.807) is 0 Å². The Kier molecular flexibility index (Phi) is 13.9. The maximum Gasteiger partial charge on any atom is 0.326 e. The van der Waals surface area contributed by atoms with Crippen molar-refractivity contribution in [2.24, 2.45) is 5.73 Å². The van der Waals surface area contributed by atoms with E-state index in [9.17, 15) is 38.7 Å². The molecule has 0 spiro atoms. The van der Waals surface area contributed by atoms with Crippen molar-refractivity contribution in [1.29, 1.82) is 0 Å². The average Bonchev–Trinajstić information content (AvgIpc) is 2.74. The van der Waals surface area contributed by atoms with Gasteiger partial charge in [0.1, 0.15) is 18.1 Å². The minimum Gasteiger partial charge on any atom is -0.481 e. The van der Waals surface area contributed by atoms with Crippen LogP contribution in [0.5, 0.6) is 0 Å². The molecular formula is C18H28N4O11S. The van der Waals surface area contributed by atoms with Crippen LogP contribution < -0.4 is 21.7 Å². The maximum absolute atomic E-state index is 12.7. The van der Waals surface area contributed by atoms with Gasteiger partial charge in [0.25, 0.3) is 0 Å². The van der Waals surface area contributed by atoms with Crippen LogP contribution in [0, 0.1) is 0 Å². The number of carboxylic acid groups (broad SMARTS) is 4. The normalized spacial score (nSPS) is 14.1. The first-order valence-electron chi connectivity index (χ1n) is 9.94. The van der Waals surface area contributed by atoms with E-state index in [2.05, 4.69) is 23.3 Å². The van der Waals surface area contributed by atoms with Gasteiger partial charge < -0.3 is 42.1 Å². The molecule has 4 unspecified atom stereocenters. The second-order valence-electron chi connectivity index (χ2n) is 7.11. The molecule has 0 fully saturated rings. The zero-order chi connectivity index (χ0) is 26.4. The largest absolute Gasteiger partial charge is 0.481 e. The summed E-state index contributed by atoms with van der Waals surface area (Å²) in [4.78, 5) is 81.2. The predicted octanol–water partition coefficient (Wildman–Crippen LogP) is -2.62. The van der Waals surface area contributed by atoms with Gasteiger partial charge in [-0.25, -0.2) is 4.79 Å². The monoisotopic (exact) mass is 508 g/mol. The van der Waals surface area contributed by atoms with Crippen molar-refractivity contribution in [3.05, 3.63) is 0 Å². The summed E-state index contributed by atoms with van der Waals surface area (Å²) in [6.45, 7) is 0. The van der Waals surface area contributed by atoms with Gasteiger partial charge in [-0.1, -0.05) is 0 Å². The molecule has 0 aromatic heterocycles. The third-order valence-corrected chi connectivity index (χ3v) is 4.75. The van der Waals surface area contributed by atoms with Gasteiger partial charge in [-0.05, 0) is 19.3 Å². The Morgan fingerprint density at radius 1 is 0.618 bits per heavy atom. The van der Waals surface area contributed by atoms with Crippen LogP contribution in [0.25, 0.3) is 0 Å². The number of carbonyl (C=O) groups excluding carboxylic acids is 3. The fourth-order valence-electron chi connectivity index (χ4n) is 2.50. The summed E-state index contributed by atoms with van der Waals surface area (Å²) in [6, 6.07) is -5.81. The standard InChI is InChI=1S/C18H28N4O11S/c19-8(7-34)15(29)20-9(1-4-12(23)24)16(30)21-10(2-5-13(25)26)17(31)22-11(18(32)33)3-6-14(27)28/h8-11,34H,1-7,19H2,(H,20,29)(H,21,30)(H,22,31)(H,23,24)(H,25,26)(H,27,28)(H,32,33). The van der Waals surface area contributed by atoms with E-state index in [0.717, 1.165) is 0 Å². The van der Waals surface area contributed by atoms with Gasteiger partial charge in [0.15, 0.2) is 0 Å². The topological polar surface area (TPSA) is 263 Å². The van der Waals surface area contributed by atoms with Crippen LogP contribution in [0.2, 0.25) is 0 Å². The van der Waals surface area contributed by atoms with Gasteiger partial charge in [0.2, 0.25) is 17.7 Å². The molecule has 0 aromatic rings. The van der Waals surface area contributed by atoms with Crippen LogP contribution in [0.3, 0.4) is 0 Å². The summed E-state index contributed by atoms with van der Waals surface area (Å²) in [5, 5.41) is 42.1. The summed E-state index contributed by atoms with van der Waals surface area (Å²) in [5.74, 6) is -8.54. The van der Waals surface area contributed by atoms with Crippen LogP contribution in [0.1, 0.15) is 38.5 Å². The van der Waals surface area contributed by atoms with E-state index in [4.69, 9.17) is 21.1 Å². The number of amides is 3. The first-order valence-corrected chi connectivity index (χ1v) is 10.6. The van der Waals surface area contributed by atoms with Crippen LogP contribution >= 0.6 is 12.6 Å². The van der Waals surface area contributed by atoms with Gasteiger partial charge in [0, 0.05) is 25.0 Å². The summed E-state index contributed by atoms with van der Waals surface area (Å²) < 4.78 is 0. The van der Waals surface area contributed by atoms with Crippen LogP contribution in [0.4, 0.5) is 0 Å². The molecule has 0 saturated carbocycles. The molecule has 0 aromatic carbocycles. The first kappa shape index (κ1) is 30.6. The molecule has 0 aliphatic rings. The van der Waals surface area contributed by atoms with E-state index < -0.39 is 104 Å². The van der Waals surface area contributed by atoms with Gasteiger partial charge in [-0.15, -0.1) is 0 Å². The molecule has 4 atom stereocenters. The molecular weight excluding hydrogens is 480 g/mol. The molecule has 0 bridgehead atoms.